The number of hydrogen-bond acceptors (Lipinski definition) is 8. The van der Waals surface area contributed by atoms with E-state index in [1.54, 1.807) is 24.4 Å². The number of ether oxygens (including phenoxy) is 1. The van der Waals surface area contributed by atoms with E-state index in [1.807, 2.05) is 4.90 Å². The summed E-state index contributed by atoms with van der Waals surface area (Å²) in [5.74, 6) is -0.186. The molecule has 1 amide bonds. The third-order valence-electron chi connectivity index (χ3n) is 4.74. The number of carbonyl (C=O) groups excluding carboxylic acids is 1. The number of morpholine rings is 1. The highest BCUT2D eigenvalue weighted by Gasteiger charge is 2.20. The zero-order chi connectivity index (χ0) is 21.8. The molecule has 0 unspecified atom stereocenters. The fourth-order valence-corrected chi connectivity index (χ4v) is 3.20. The molecule has 1 saturated heterocycles. The summed E-state index contributed by atoms with van der Waals surface area (Å²) in [5, 5.41) is 14.8. The van der Waals surface area contributed by atoms with E-state index in [0.717, 1.165) is 6.07 Å². The molecule has 1 N–H and O–H groups in total. The van der Waals surface area contributed by atoms with Gasteiger partial charge in [-0.1, -0.05) is 12.1 Å². The van der Waals surface area contributed by atoms with Gasteiger partial charge in [0.1, 0.15) is 17.0 Å². The normalized spacial score (nSPS) is 14.1. The van der Waals surface area contributed by atoms with Crippen LogP contribution in [0.1, 0.15) is 15.9 Å². The highest BCUT2D eigenvalue weighted by atomic mass is 16.6. The van der Waals surface area contributed by atoms with Gasteiger partial charge in [0, 0.05) is 37.0 Å². The van der Waals surface area contributed by atoms with Crippen LogP contribution in [0.5, 0.6) is 0 Å². The van der Waals surface area contributed by atoms with Gasteiger partial charge in [0.25, 0.3) is 17.2 Å². The number of hydrogen-bond donors (Lipinski definition) is 1. The molecule has 0 bridgehead atoms. The second-order valence-corrected chi connectivity index (χ2v) is 6.69. The van der Waals surface area contributed by atoms with E-state index in [9.17, 15) is 19.7 Å². The summed E-state index contributed by atoms with van der Waals surface area (Å²) in [5.41, 5.74) is 2.55. The van der Waals surface area contributed by atoms with Crippen molar-refractivity contribution >= 4 is 29.3 Å². The molecule has 1 aliphatic heterocycles. The van der Waals surface area contributed by atoms with Crippen molar-refractivity contribution in [1.82, 2.24) is 14.8 Å². The summed E-state index contributed by atoms with van der Waals surface area (Å²) in [6.07, 6.45) is 2.85. The Morgan fingerprint density at radius 3 is 2.81 bits per heavy atom. The minimum atomic E-state index is -0.637. The summed E-state index contributed by atoms with van der Waals surface area (Å²) in [7, 11) is 0. The van der Waals surface area contributed by atoms with Crippen molar-refractivity contribution in [1.29, 1.82) is 0 Å². The molecule has 3 heterocycles. The molecule has 11 nitrogen and oxygen atoms in total. The van der Waals surface area contributed by atoms with Crippen LogP contribution >= 0.6 is 0 Å². The van der Waals surface area contributed by atoms with Gasteiger partial charge in [0.2, 0.25) is 0 Å². The number of pyridine rings is 1. The third-order valence-corrected chi connectivity index (χ3v) is 4.74. The van der Waals surface area contributed by atoms with Crippen LogP contribution in [0.15, 0.2) is 58.6 Å². The lowest BCUT2D eigenvalue weighted by molar-refractivity contribution is -0.384. The maximum absolute atomic E-state index is 13.0. The van der Waals surface area contributed by atoms with Crippen molar-refractivity contribution in [2.75, 3.05) is 31.2 Å². The van der Waals surface area contributed by atoms with Crippen LogP contribution in [0, 0.1) is 10.1 Å². The van der Waals surface area contributed by atoms with Crippen LogP contribution in [0.4, 0.5) is 11.5 Å². The van der Waals surface area contributed by atoms with E-state index < -0.39 is 10.8 Å². The number of fused-ring (bicyclic) bond motifs is 1. The van der Waals surface area contributed by atoms with Crippen LogP contribution in [0.3, 0.4) is 0 Å². The first-order valence-electron chi connectivity index (χ1n) is 9.46. The van der Waals surface area contributed by atoms with E-state index >= 15 is 0 Å². The molecule has 2 aromatic heterocycles. The van der Waals surface area contributed by atoms with Crippen molar-refractivity contribution in [3.63, 3.8) is 0 Å². The minimum Gasteiger partial charge on any atom is -0.378 e. The topological polar surface area (TPSA) is 131 Å². The van der Waals surface area contributed by atoms with E-state index in [4.69, 9.17) is 4.74 Å². The second kappa shape index (κ2) is 8.71. The predicted molar refractivity (Wildman–Crippen MR) is 113 cm³/mol. The lowest BCUT2D eigenvalue weighted by Crippen LogP contribution is -2.39. The van der Waals surface area contributed by atoms with Crippen LogP contribution < -0.4 is 15.9 Å². The Hall–Kier alpha value is -4.12. The highest BCUT2D eigenvalue weighted by Crippen LogP contribution is 2.17. The molecule has 0 radical (unpaired) electrons. The third kappa shape index (κ3) is 4.26. The molecule has 0 aliphatic carbocycles. The zero-order valence-corrected chi connectivity index (χ0v) is 16.3. The summed E-state index contributed by atoms with van der Waals surface area (Å²) in [6.45, 7) is 2.15. The van der Waals surface area contributed by atoms with Crippen molar-refractivity contribution in [3.05, 3.63) is 80.3 Å². The van der Waals surface area contributed by atoms with Crippen molar-refractivity contribution in [3.8, 4) is 0 Å². The molecule has 11 heteroatoms. The van der Waals surface area contributed by atoms with E-state index in [-0.39, 0.29) is 22.4 Å². The van der Waals surface area contributed by atoms with Gasteiger partial charge in [-0.15, -0.1) is 0 Å². The maximum Gasteiger partial charge on any atom is 0.271 e. The first kappa shape index (κ1) is 20.2. The molecule has 31 heavy (non-hydrogen) atoms. The fraction of sp³-hybridized carbons (Fsp3) is 0.200. The monoisotopic (exact) mass is 422 g/mol. The maximum atomic E-state index is 13.0. The van der Waals surface area contributed by atoms with Crippen LogP contribution in [0.25, 0.3) is 5.65 Å². The molecule has 1 aromatic carbocycles. The summed E-state index contributed by atoms with van der Waals surface area (Å²) in [6, 6.07) is 10.5. The van der Waals surface area contributed by atoms with Gasteiger partial charge < -0.3 is 9.64 Å². The molecule has 0 atom stereocenters. The number of nitrogens with one attached hydrogen (secondary N) is 1. The predicted octanol–water partition coefficient (Wildman–Crippen LogP) is 1.20. The van der Waals surface area contributed by atoms with Crippen molar-refractivity contribution in [2.45, 2.75) is 0 Å². The Labute approximate surface area is 175 Å². The number of aromatic nitrogens is 2. The quantitative estimate of drug-likeness (QED) is 0.371. The smallest absolute Gasteiger partial charge is 0.271 e. The lowest BCUT2D eigenvalue weighted by atomic mass is 10.2. The Bertz CT molecular complexity index is 1230. The first-order chi connectivity index (χ1) is 15.0. The molecule has 3 aromatic rings. The van der Waals surface area contributed by atoms with Crippen LogP contribution in [-0.2, 0) is 4.74 Å². The van der Waals surface area contributed by atoms with Gasteiger partial charge in [-0.25, -0.2) is 10.4 Å². The highest BCUT2D eigenvalue weighted by molar-refractivity contribution is 5.96. The molecular formula is C20H18N6O5. The molecular weight excluding hydrogens is 404 g/mol. The number of carbonyl (C=O) groups is 1. The van der Waals surface area contributed by atoms with E-state index in [2.05, 4.69) is 15.5 Å². The molecule has 1 fully saturated rings. The van der Waals surface area contributed by atoms with Gasteiger partial charge in [-0.05, 0) is 18.2 Å². The van der Waals surface area contributed by atoms with Crippen molar-refractivity contribution in [2.24, 2.45) is 5.10 Å². The van der Waals surface area contributed by atoms with Gasteiger partial charge >= 0.3 is 0 Å². The van der Waals surface area contributed by atoms with Gasteiger partial charge in [-0.2, -0.15) is 5.10 Å². The second-order valence-electron chi connectivity index (χ2n) is 6.69. The Kier molecular flexibility index (Phi) is 5.67. The molecule has 4 rings (SSSR count). The average molecular weight is 422 g/mol. The Balaban J connectivity index is 1.65. The number of amides is 1. The molecule has 158 valence electrons. The average Bonchev–Trinajstić information content (AvgIpc) is 2.81. The summed E-state index contributed by atoms with van der Waals surface area (Å²) >= 11 is 0. The largest absolute Gasteiger partial charge is 0.378 e. The summed E-state index contributed by atoms with van der Waals surface area (Å²) in [4.78, 5) is 42.2. The minimum absolute atomic E-state index is 0.0770. The van der Waals surface area contributed by atoms with Crippen LogP contribution in [-0.4, -0.2) is 52.7 Å². The summed E-state index contributed by atoms with van der Waals surface area (Å²) < 4.78 is 6.77. The van der Waals surface area contributed by atoms with Crippen LogP contribution in [0.2, 0.25) is 0 Å². The number of nitrogens with zero attached hydrogens (tertiary/aromatic N) is 5. The SMILES string of the molecule is O=C(N/N=C/c1c(N2CCOCC2)nc2ccccn2c1=O)c1cccc([N+](=O)[O-])c1. The van der Waals surface area contributed by atoms with E-state index in [1.165, 1.54) is 28.8 Å². The number of benzene rings is 1. The van der Waals surface area contributed by atoms with Gasteiger partial charge in [0.15, 0.2) is 0 Å². The number of anilines is 1. The molecule has 0 spiro atoms. The van der Waals surface area contributed by atoms with Gasteiger partial charge in [0.05, 0.1) is 24.4 Å². The standard InChI is InChI=1S/C20H18N6O5/c27-19(14-4-3-5-15(12-14)26(29)30)23-21-13-16-18(24-8-10-31-11-9-24)22-17-6-1-2-7-25(17)20(16)28/h1-7,12-13H,8-11H2,(H,23,27)/b21-13+. The number of non-ortho nitro benzene ring substituents is 1. The fourth-order valence-electron chi connectivity index (χ4n) is 3.20. The zero-order valence-electron chi connectivity index (χ0n) is 16.3. The van der Waals surface area contributed by atoms with E-state index in [0.29, 0.717) is 37.8 Å². The van der Waals surface area contributed by atoms with Crippen molar-refractivity contribution < 1.29 is 14.5 Å². The lowest BCUT2D eigenvalue weighted by Gasteiger charge is -2.28. The first-order valence-corrected chi connectivity index (χ1v) is 9.46. The molecule has 0 saturated carbocycles. The Morgan fingerprint density at radius 2 is 2.03 bits per heavy atom. The number of rotatable bonds is 5. The van der Waals surface area contributed by atoms with Gasteiger partial charge in [-0.3, -0.25) is 24.1 Å². The molecule has 1 aliphatic rings. The number of nitro groups is 1. The number of nitro benzene ring substituents is 1. The number of hydrazone groups is 1. The Morgan fingerprint density at radius 1 is 1.23 bits per heavy atom.